The molecule has 2 aliphatic rings. The molecule has 1 atom stereocenters. The first kappa shape index (κ1) is 11.8. The highest BCUT2D eigenvalue weighted by molar-refractivity contribution is 5.84. The second-order valence-electron chi connectivity index (χ2n) is 5.50. The number of rotatable bonds is 2. The third-order valence-electron chi connectivity index (χ3n) is 4.37. The van der Waals surface area contributed by atoms with Gasteiger partial charge in [-0.2, -0.15) is 0 Å². The van der Waals surface area contributed by atoms with Crippen molar-refractivity contribution in [2.75, 3.05) is 19.6 Å². The summed E-state index contributed by atoms with van der Waals surface area (Å²) in [5.41, 5.74) is -0.0715. The van der Waals surface area contributed by atoms with Gasteiger partial charge in [-0.3, -0.25) is 9.69 Å². The quantitative estimate of drug-likeness (QED) is 0.867. The van der Waals surface area contributed by atoms with E-state index in [-0.39, 0.29) is 11.3 Å². The normalized spacial score (nSPS) is 29.4. The Kier molecular flexibility index (Phi) is 3.12. The van der Waals surface area contributed by atoms with Crippen LogP contribution in [-0.2, 0) is 11.3 Å². The molecule has 0 radical (unpaired) electrons. The average Bonchev–Trinajstić information content (AvgIpc) is 2.92. The molecule has 4 heteroatoms. The van der Waals surface area contributed by atoms with Crippen LogP contribution in [0, 0.1) is 5.41 Å². The first-order chi connectivity index (χ1) is 8.78. The lowest BCUT2D eigenvalue weighted by Gasteiger charge is -2.24. The number of furan rings is 1. The molecule has 0 unspecified atom stereocenters. The van der Waals surface area contributed by atoms with Crippen molar-refractivity contribution < 1.29 is 9.21 Å². The zero-order valence-electron chi connectivity index (χ0n) is 10.7. The maximum Gasteiger partial charge on any atom is 0.226 e. The predicted octanol–water partition coefficient (Wildman–Crippen LogP) is 1.77. The van der Waals surface area contributed by atoms with Gasteiger partial charge in [-0.15, -0.1) is 0 Å². The van der Waals surface area contributed by atoms with Crippen LogP contribution < -0.4 is 5.32 Å². The minimum absolute atomic E-state index is 0.0715. The summed E-state index contributed by atoms with van der Waals surface area (Å²) in [5, 5.41) is 2.99. The number of carbonyl (C=O) groups excluding carboxylic acids is 1. The molecule has 4 nitrogen and oxygen atoms in total. The SMILES string of the molecule is O=C1NCC[C@@]12CCCN(Cc1ccco1)CC2. The summed E-state index contributed by atoms with van der Waals surface area (Å²) in [5.74, 6) is 1.30. The molecule has 98 valence electrons. The van der Waals surface area contributed by atoms with E-state index in [0.717, 1.165) is 57.6 Å². The van der Waals surface area contributed by atoms with Crippen LogP contribution in [0.25, 0.3) is 0 Å². The predicted molar refractivity (Wildman–Crippen MR) is 67.9 cm³/mol. The molecule has 1 N–H and O–H groups in total. The van der Waals surface area contributed by atoms with Crippen LogP contribution in [0.5, 0.6) is 0 Å². The van der Waals surface area contributed by atoms with Gasteiger partial charge in [0.15, 0.2) is 0 Å². The second kappa shape index (κ2) is 4.76. The van der Waals surface area contributed by atoms with Crippen LogP contribution in [0.3, 0.4) is 0 Å². The van der Waals surface area contributed by atoms with E-state index in [2.05, 4.69) is 10.2 Å². The summed E-state index contributed by atoms with van der Waals surface area (Å²) in [4.78, 5) is 14.4. The molecule has 0 aliphatic carbocycles. The average molecular weight is 248 g/mol. The summed E-state index contributed by atoms with van der Waals surface area (Å²) < 4.78 is 5.39. The van der Waals surface area contributed by atoms with E-state index in [9.17, 15) is 4.79 Å². The van der Waals surface area contributed by atoms with E-state index in [4.69, 9.17) is 4.42 Å². The molecule has 2 saturated heterocycles. The molecule has 0 bridgehead atoms. The fourth-order valence-corrected chi connectivity index (χ4v) is 3.22. The standard InChI is InChI=1S/C14H20N2O2/c17-13-14(5-7-15-13)4-2-8-16(9-6-14)11-12-3-1-10-18-12/h1,3,10H,2,4-9,11H2,(H,15,17)/t14-/m1/s1. The van der Waals surface area contributed by atoms with Crippen molar-refractivity contribution in [3.8, 4) is 0 Å². The molecular formula is C14H20N2O2. The molecule has 3 rings (SSSR count). The van der Waals surface area contributed by atoms with Gasteiger partial charge in [-0.25, -0.2) is 0 Å². The lowest BCUT2D eigenvalue weighted by molar-refractivity contribution is -0.128. The molecule has 1 aromatic heterocycles. The number of nitrogens with one attached hydrogen (secondary N) is 1. The Labute approximate surface area is 107 Å². The molecule has 2 fully saturated rings. The highest BCUT2D eigenvalue weighted by Crippen LogP contribution is 2.38. The van der Waals surface area contributed by atoms with Gasteiger partial charge < -0.3 is 9.73 Å². The van der Waals surface area contributed by atoms with Gasteiger partial charge in [0.25, 0.3) is 0 Å². The van der Waals surface area contributed by atoms with Crippen molar-refractivity contribution >= 4 is 5.91 Å². The van der Waals surface area contributed by atoms with Crippen LogP contribution in [0.15, 0.2) is 22.8 Å². The Bertz CT molecular complexity index is 415. The van der Waals surface area contributed by atoms with Crippen molar-refractivity contribution in [1.29, 1.82) is 0 Å². The lowest BCUT2D eigenvalue weighted by atomic mass is 9.79. The number of likely N-dealkylation sites (tertiary alicyclic amines) is 1. The van der Waals surface area contributed by atoms with Crippen molar-refractivity contribution in [2.24, 2.45) is 5.41 Å². The molecule has 1 spiro atoms. The van der Waals surface area contributed by atoms with E-state index >= 15 is 0 Å². The Morgan fingerprint density at radius 3 is 3.00 bits per heavy atom. The smallest absolute Gasteiger partial charge is 0.226 e. The van der Waals surface area contributed by atoms with E-state index in [1.807, 2.05) is 12.1 Å². The minimum atomic E-state index is -0.0715. The molecule has 2 aliphatic heterocycles. The van der Waals surface area contributed by atoms with Crippen molar-refractivity contribution in [3.63, 3.8) is 0 Å². The first-order valence-electron chi connectivity index (χ1n) is 6.82. The largest absolute Gasteiger partial charge is 0.468 e. The van der Waals surface area contributed by atoms with Gasteiger partial charge in [-0.05, 0) is 50.9 Å². The fraction of sp³-hybridized carbons (Fsp3) is 0.643. The van der Waals surface area contributed by atoms with E-state index < -0.39 is 0 Å². The highest BCUT2D eigenvalue weighted by Gasteiger charge is 2.42. The van der Waals surface area contributed by atoms with E-state index in [1.54, 1.807) is 6.26 Å². The minimum Gasteiger partial charge on any atom is -0.468 e. The molecule has 18 heavy (non-hydrogen) atoms. The number of nitrogens with zero attached hydrogens (tertiary/aromatic N) is 1. The van der Waals surface area contributed by atoms with Crippen molar-refractivity contribution in [2.45, 2.75) is 32.2 Å². The van der Waals surface area contributed by atoms with E-state index in [1.165, 1.54) is 0 Å². The van der Waals surface area contributed by atoms with Gasteiger partial charge in [0.1, 0.15) is 5.76 Å². The zero-order valence-corrected chi connectivity index (χ0v) is 10.7. The zero-order chi connectivity index (χ0) is 12.4. The van der Waals surface area contributed by atoms with Gasteiger partial charge in [-0.1, -0.05) is 0 Å². The Morgan fingerprint density at radius 1 is 1.33 bits per heavy atom. The van der Waals surface area contributed by atoms with Crippen LogP contribution >= 0.6 is 0 Å². The maximum atomic E-state index is 12.0. The van der Waals surface area contributed by atoms with Gasteiger partial charge in [0.2, 0.25) is 5.91 Å². The van der Waals surface area contributed by atoms with Gasteiger partial charge in [0.05, 0.1) is 18.2 Å². The molecular weight excluding hydrogens is 228 g/mol. The van der Waals surface area contributed by atoms with Gasteiger partial charge >= 0.3 is 0 Å². The number of amides is 1. The number of hydrogen-bond donors (Lipinski definition) is 1. The maximum absolute atomic E-state index is 12.0. The molecule has 3 heterocycles. The van der Waals surface area contributed by atoms with Crippen molar-refractivity contribution in [1.82, 2.24) is 10.2 Å². The summed E-state index contributed by atoms with van der Waals surface area (Å²) in [6.07, 6.45) is 5.86. The van der Waals surface area contributed by atoms with Crippen LogP contribution in [0.1, 0.15) is 31.4 Å². The monoisotopic (exact) mass is 248 g/mol. The number of hydrogen-bond acceptors (Lipinski definition) is 3. The Hall–Kier alpha value is -1.29. The third-order valence-corrected chi connectivity index (χ3v) is 4.37. The first-order valence-corrected chi connectivity index (χ1v) is 6.82. The molecule has 0 aromatic carbocycles. The summed E-state index contributed by atoms with van der Waals surface area (Å²) >= 11 is 0. The lowest BCUT2D eigenvalue weighted by Crippen LogP contribution is -2.32. The molecule has 0 saturated carbocycles. The Morgan fingerprint density at radius 2 is 2.28 bits per heavy atom. The fourth-order valence-electron chi connectivity index (χ4n) is 3.22. The summed E-state index contributed by atoms with van der Waals surface area (Å²) in [6.45, 7) is 3.78. The number of carbonyl (C=O) groups is 1. The Balaban J connectivity index is 1.63. The summed E-state index contributed by atoms with van der Waals surface area (Å²) in [6, 6.07) is 3.95. The molecule has 1 aromatic rings. The van der Waals surface area contributed by atoms with E-state index in [0.29, 0.717) is 0 Å². The van der Waals surface area contributed by atoms with Crippen LogP contribution in [-0.4, -0.2) is 30.4 Å². The third kappa shape index (κ3) is 2.17. The topological polar surface area (TPSA) is 45.5 Å². The second-order valence-corrected chi connectivity index (χ2v) is 5.50. The summed E-state index contributed by atoms with van der Waals surface area (Å²) in [7, 11) is 0. The van der Waals surface area contributed by atoms with Crippen LogP contribution in [0.4, 0.5) is 0 Å². The van der Waals surface area contributed by atoms with Crippen molar-refractivity contribution in [3.05, 3.63) is 24.2 Å². The van der Waals surface area contributed by atoms with Crippen LogP contribution in [0.2, 0.25) is 0 Å². The highest BCUT2D eigenvalue weighted by atomic mass is 16.3. The molecule has 1 amide bonds. The van der Waals surface area contributed by atoms with Gasteiger partial charge in [0, 0.05) is 6.54 Å².